The summed E-state index contributed by atoms with van der Waals surface area (Å²) in [5.74, 6) is -0.0859. The van der Waals surface area contributed by atoms with Gasteiger partial charge in [0.1, 0.15) is 6.26 Å². The zero-order chi connectivity index (χ0) is 15.9. The lowest BCUT2D eigenvalue weighted by atomic mass is 10.3. The van der Waals surface area contributed by atoms with Crippen LogP contribution in [0.25, 0.3) is 11.1 Å². The van der Waals surface area contributed by atoms with Crippen LogP contribution < -0.4 is 10.5 Å². The lowest BCUT2D eigenvalue weighted by Gasteiger charge is -2.05. The molecule has 8 nitrogen and oxygen atoms in total. The highest BCUT2D eigenvalue weighted by Crippen LogP contribution is 2.18. The van der Waals surface area contributed by atoms with Crippen LogP contribution >= 0.6 is 0 Å². The molecule has 22 heavy (non-hydrogen) atoms. The number of nitrogens with zero attached hydrogens (tertiary/aromatic N) is 2. The van der Waals surface area contributed by atoms with Crippen LogP contribution in [0.5, 0.6) is 0 Å². The molecule has 116 valence electrons. The average Bonchev–Trinajstić information content (AvgIpc) is 3.01. The molecule has 0 atom stereocenters. The molecule has 0 aliphatic carbocycles. The fourth-order valence-electron chi connectivity index (χ4n) is 2.02. The number of nitrogens with one attached hydrogen (secondary N) is 1. The van der Waals surface area contributed by atoms with Gasteiger partial charge in [0.25, 0.3) is 0 Å². The van der Waals surface area contributed by atoms with Gasteiger partial charge in [-0.1, -0.05) is 0 Å². The first-order valence-electron chi connectivity index (χ1n) is 6.37. The van der Waals surface area contributed by atoms with Gasteiger partial charge in [0.15, 0.2) is 11.5 Å². The summed E-state index contributed by atoms with van der Waals surface area (Å²) in [5, 5.41) is 0. The molecule has 0 bridgehead atoms. The van der Waals surface area contributed by atoms with E-state index in [0.29, 0.717) is 17.1 Å². The summed E-state index contributed by atoms with van der Waals surface area (Å²) in [6.45, 7) is 1.68. The van der Waals surface area contributed by atoms with Crippen LogP contribution in [0.1, 0.15) is 11.6 Å². The quantitative estimate of drug-likeness (QED) is 0.764. The number of sulfonamides is 1. The van der Waals surface area contributed by atoms with Gasteiger partial charge in [-0.05, 0) is 12.1 Å². The molecule has 0 unspecified atom stereocenters. The lowest BCUT2D eigenvalue weighted by molar-refractivity contribution is 0.520. The summed E-state index contributed by atoms with van der Waals surface area (Å²) < 4.78 is 38.2. The second-order valence-corrected chi connectivity index (χ2v) is 6.51. The van der Waals surface area contributed by atoms with Gasteiger partial charge in [-0.25, -0.2) is 22.9 Å². The Kier molecular flexibility index (Phi) is 3.38. The van der Waals surface area contributed by atoms with Gasteiger partial charge in [-0.15, -0.1) is 0 Å². The van der Waals surface area contributed by atoms with Crippen LogP contribution in [0.15, 0.2) is 43.0 Å². The highest BCUT2D eigenvalue weighted by atomic mass is 32.2. The van der Waals surface area contributed by atoms with E-state index in [-0.39, 0.29) is 17.0 Å². The van der Waals surface area contributed by atoms with Crippen molar-refractivity contribution < 1.29 is 17.3 Å². The smallest absolute Gasteiger partial charge is 0.419 e. The maximum Gasteiger partial charge on any atom is 0.419 e. The minimum absolute atomic E-state index is 0.00886. The van der Waals surface area contributed by atoms with Crippen molar-refractivity contribution in [3.05, 3.63) is 46.6 Å². The van der Waals surface area contributed by atoms with Crippen molar-refractivity contribution in [2.75, 3.05) is 0 Å². The summed E-state index contributed by atoms with van der Waals surface area (Å²) in [5.41, 5.74) is 1.22. The van der Waals surface area contributed by atoms with Crippen molar-refractivity contribution in [1.82, 2.24) is 14.3 Å². The maximum absolute atomic E-state index is 12.3. The van der Waals surface area contributed by atoms with E-state index < -0.39 is 15.8 Å². The lowest BCUT2D eigenvalue weighted by Crippen LogP contribution is -2.23. The number of rotatable bonds is 4. The Balaban J connectivity index is 1.89. The van der Waals surface area contributed by atoms with Crippen molar-refractivity contribution >= 4 is 21.1 Å². The minimum atomic E-state index is -3.75. The zero-order valence-corrected chi connectivity index (χ0v) is 12.7. The fourth-order valence-corrected chi connectivity index (χ4v) is 3.04. The molecule has 0 aliphatic rings. The topological polar surface area (TPSA) is 107 Å². The molecule has 3 aromatic rings. The third-order valence-electron chi connectivity index (χ3n) is 3.18. The molecule has 0 saturated heterocycles. The molecule has 0 fully saturated rings. The molecule has 0 radical (unpaired) electrons. The third-order valence-corrected chi connectivity index (χ3v) is 4.58. The minimum Gasteiger partial charge on any atom is -0.449 e. The molecular weight excluding hydrogens is 310 g/mol. The number of aromatic nitrogens is 2. The van der Waals surface area contributed by atoms with E-state index in [4.69, 9.17) is 8.83 Å². The van der Waals surface area contributed by atoms with Gasteiger partial charge in [0.05, 0.1) is 22.7 Å². The van der Waals surface area contributed by atoms with Crippen molar-refractivity contribution in [3.63, 3.8) is 0 Å². The van der Waals surface area contributed by atoms with Crippen LogP contribution in [0.3, 0.4) is 0 Å². The van der Waals surface area contributed by atoms with E-state index in [1.54, 1.807) is 14.0 Å². The summed E-state index contributed by atoms with van der Waals surface area (Å²) in [6.07, 6.45) is 1.39. The predicted molar refractivity (Wildman–Crippen MR) is 76.7 cm³/mol. The van der Waals surface area contributed by atoms with Gasteiger partial charge in [0.2, 0.25) is 10.0 Å². The Bertz CT molecular complexity index is 996. The van der Waals surface area contributed by atoms with Gasteiger partial charge < -0.3 is 8.83 Å². The van der Waals surface area contributed by atoms with Gasteiger partial charge in [-0.2, -0.15) is 0 Å². The average molecular weight is 323 g/mol. The summed E-state index contributed by atoms with van der Waals surface area (Å²) in [4.78, 5) is 15.4. The molecule has 9 heteroatoms. The van der Waals surface area contributed by atoms with Gasteiger partial charge >= 0.3 is 5.76 Å². The Morgan fingerprint density at radius 3 is 2.82 bits per heavy atom. The Labute approximate surface area is 125 Å². The molecule has 2 aromatic heterocycles. The molecule has 0 saturated carbocycles. The highest BCUT2D eigenvalue weighted by molar-refractivity contribution is 7.89. The fraction of sp³-hybridized carbons (Fsp3) is 0.231. The molecule has 0 spiro atoms. The van der Waals surface area contributed by atoms with Gasteiger partial charge in [0, 0.05) is 20.0 Å². The molecule has 0 amide bonds. The van der Waals surface area contributed by atoms with Crippen LogP contribution in [-0.2, 0) is 23.6 Å². The first-order valence-corrected chi connectivity index (χ1v) is 7.85. The van der Waals surface area contributed by atoms with Crippen molar-refractivity contribution in [3.8, 4) is 0 Å². The Hall–Kier alpha value is -2.39. The van der Waals surface area contributed by atoms with Crippen molar-refractivity contribution in [1.29, 1.82) is 0 Å². The molecular formula is C13H13N3O5S. The first-order chi connectivity index (χ1) is 10.4. The molecule has 2 heterocycles. The SMILES string of the molecule is Cc1nc(CNS(=O)(=O)c2ccc3c(c2)oc(=O)n3C)co1. The number of hydrogen-bond donors (Lipinski definition) is 1. The predicted octanol–water partition coefficient (Wildman–Crippen LogP) is 0.906. The van der Waals surface area contributed by atoms with E-state index in [1.807, 2.05) is 0 Å². The van der Waals surface area contributed by atoms with Crippen molar-refractivity contribution in [2.45, 2.75) is 18.4 Å². The normalized spacial score (nSPS) is 12.1. The first kappa shape index (κ1) is 14.5. The molecule has 1 N–H and O–H groups in total. The van der Waals surface area contributed by atoms with Crippen LogP contribution in [-0.4, -0.2) is 18.0 Å². The van der Waals surface area contributed by atoms with E-state index in [9.17, 15) is 13.2 Å². The maximum atomic E-state index is 12.3. The number of benzene rings is 1. The number of fused-ring (bicyclic) bond motifs is 1. The van der Waals surface area contributed by atoms with Crippen LogP contribution in [0, 0.1) is 6.92 Å². The number of oxazole rings is 2. The van der Waals surface area contributed by atoms with E-state index in [1.165, 1.54) is 29.0 Å². The third kappa shape index (κ3) is 2.55. The van der Waals surface area contributed by atoms with E-state index >= 15 is 0 Å². The summed E-state index contributed by atoms with van der Waals surface area (Å²) in [6, 6.07) is 4.25. The Morgan fingerprint density at radius 2 is 2.14 bits per heavy atom. The summed E-state index contributed by atoms with van der Waals surface area (Å²) in [7, 11) is -2.20. The summed E-state index contributed by atoms with van der Waals surface area (Å²) >= 11 is 0. The van der Waals surface area contributed by atoms with Gasteiger partial charge in [-0.3, -0.25) is 4.57 Å². The van der Waals surface area contributed by atoms with Crippen LogP contribution in [0.2, 0.25) is 0 Å². The molecule has 0 aliphatic heterocycles. The Morgan fingerprint density at radius 1 is 1.36 bits per heavy atom. The second-order valence-electron chi connectivity index (χ2n) is 4.74. The highest BCUT2D eigenvalue weighted by Gasteiger charge is 2.17. The number of aryl methyl sites for hydroxylation is 2. The standard InChI is InChI=1S/C13H13N3O5S/c1-8-15-9(7-20-8)6-14-22(18,19)10-3-4-11-12(5-10)21-13(17)16(11)2/h3-5,7,14H,6H2,1-2H3. The molecule has 1 aromatic carbocycles. The molecule has 3 rings (SSSR count). The van der Waals surface area contributed by atoms with Crippen LogP contribution in [0.4, 0.5) is 0 Å². The largest absolute Gasteiger partial charge is 0.449 e. The zero-order valence-electron chi connectivity index (χ0n) is 11.9. The van der Waals surface area contributed by atoms with E-state index in [0.717, 1.165) is 0 Å². The van der Waals surface area contributed by atoms with Crippen molar-refractivity contribution in [2.24, 2.45) is 7.05 Å². The number of hydrogen-bond acceptors (Lipinski definition) is 6. The second kappa shape index (κ2) is 5.11. The van der Waals surface area contributed by atoms with E-state index in [2.05, 4.69) is 9.71 Å². The monoisotopic (exact) mass is 323 g/mol.